The first-order valence-electron chi connectivity index (χ1n) is 4.89. The number of benzene rings is 1. The van der Waals surface area contributed by atoms with Gasteiger partial charge < -0.3 is 5.73 Å². The quantitative estimate of drug-likeness (QED) is 0.799. The molecule has 0 saturated heterocycles. The summed E-state index contributed by atoms with van der Waals surface area (Å²) < 4.78 is 0. The van der Waals surface area contributed by atoms with E-state index in [-0.39, 0.29) is 11.5 Å². The third-order valence-electron chi connectivity index (χ3n) is 2.46. The van der Waals surface area contributed by atoms with Gasteiger partial charge in [0.15, 0.2) is 0 Å². The molecule has 2 heteroatoms. The van der Waals surface area contributed by atoms with E-state index in [4.69, 9.17) is 17.3 Å². The fourth-order valence-corrected chi connectivity index (χ4v) is 1.44. The molecule has 0 aliphatic carbocycles. The maximum Gasteiger partial charge on any atom is 0.0408 e. The van der Waals surface area contributed by atoms with E-state index >= 15 is 0 Å². The molecular weight excluding hydrogens is 194 g/mol. The van der Waals surface area contributed by atoms with Gasteiger partial charge in [0.2, 0.25) is 0 Å². The van der Waals surface area contributed by atoms with Gasteiger partial charge in [0, 0.05) is 11.1 Å². The van der Waals surface area contributed by atoms with E-state index in [1.54, 1.807) is 0 Å². The summed E-state index contributed by atoms with van der Waals surface area (Å²) in [6, 6.07) is 8.06. The molecule has 0 fully saturated rings. The minimum Gasteiger partial charge on any atom is -0.327 e. The molecule has 1 unspecified atom stereocenters. The van der Waals surface area contributed by atoms with E-state index in [2.05, 4.69) is 26.8 Å². The Balaban J connectivity index is 2.70. The van der Waals surface area contributed by atoms with Gasteiger partial charge in [-0.15, -0.1) is 0 Å². The lowest BCUT2D eigenvalue weighted by Gasteiger charge is -2.27. The van der Waals surface area contributed by atoms with Crippen LogP contribution in [0.2, 0.25) is 5.02 Å². The summed E-state index contributed by atoms with van der Waals surface area (Å²) in [5, 5.41) is 0.781. The number of hydrogen-bond acceptors (Lipinski definition) is 1. The van der Waals surface area contributed by atoms with Crippen LogP contribution < -0.4 is 5.73 Å². The first-order valence-corrected chi connectivity index (χ1v) is 5.27. The predicted molar refractivity (Wildman–Crippen MR) is 62.6 cm³/mol. The molecule has 0 bridgehead atoms. The van der Waals surface area contributed by atoms with Crippen molar-refractivity contribution >= 4 is 11.6 Å². The molecule has 1 nitrogen and oxygen atoms in total. The second-order valence-corrected chi connectivity index (χ2v) is 5.24. The van der Waals surface area contributed by atoms with Gasteiger partial charge in [-0.25, -0.2) is 0 Å². The number of halogens is 1. The molecule has 0 aliphatic rings. The van der Waals surface area contributed by atoms with Crippen LogP contribution in [0.5, 0.6) is 0 Å². The molecule has 0 heterocycles. The molecule has 1 aromatic rings. The fourth-order valence-electron chi connectivity index (χ4n) is 1.22. The van der Waals surface area contributed by atoms with Gasteiger partial charge in [-0.1, -0.05) is 44.5 Å². The zero-order valence-electron chi connectivity index (χ0n) is 9.05. The van der Waals surface area contributed by atoms with E-state index in [9.17, 15) is 0 Å². The summed E-state index contributed by atoms with van der Waals surface area (Å²) in [4.78, 5) is 0. The normalized spacial score (nSPS) is 14.1. The minimum atomic E-state index is 0.141. The molecule has 0 radical (unpaired) electrons. The van der Waals surface area contributed by atoms with Crippen LogP contribution in [0.3, 0.4) is 0 Å². The van der Waals surface area contributed by atoms with Crippen molar-refractivity contribution in [3.8, 4) is 0 Å². The third kappa shape index (κ3) is 3.32. The second kappa shape index (κ2) is 4.33. The van der Waals surface area contributed by atoms with Crippen molar-refractivity contribution in [1.29, 1.82) is 0 Å². The largest absolute Gasteiger partial charge is 0.327 e. The number of hydrogen-bond donors (Lipinski definition) is 1. The zero-order valence-corrected chi connectivity index (χ0v) is 9.81. The molecular formula is C12H18ClN. The van der Waals surface area contributed by atoms with Crippen molar-refractivity contribution in [2.45, 2.75) is 33.2 Å². The summed E-state index contributed by atoms with van der Waals surface area (Å²) in [7, 11) is 0. The Morgan fingerprint density at radius 2 is 2.00 bits per heavy atom. The van der Waals surface area contributed by atoms with Gasteiger partial charge in [0.05, 0.1) is 0 Å². The maximum atomic E-state index is 6.09. The fraction of sp³-hybridized carbons (Fsp3) is 0.500. The summed E-state index contributed by atoms with van der Waals surface area (Å²) in [6.45, 7) is 6.46. The van der Waals surface area contributed by atoms with E-state index in [1.807, 2.05) is 18.2 Å². The zero-order chi connectivity index (χ0) is 10.8. The van der Waals surface area contributed by atoms with Crippen LogP contribution in [0.25, 0.3) is 0 Å². The Kier molecular flexibility index (Phi) is 3.57. The molecule has 1 aromatic carbocycles. The van der Waals surface area contributed by atoms with Gasteiger partial charge in [0.25, 0.3) is 0 Å². The lowest BCUT2D eigenvalue weighted by atomic mass is 9.84. The second-order valence-electron chi connectivity index (χ2n) is 4.81. The van der Waals surface area contributed by atoms with Gasteiger partial charge in [-0.2, -0.15) is 0 Å². The van der Waals surface area contributed by atoms with Gasteiger partial charge in [-0.05, 0) is 29.5 Å². The molecule has 0 aromatic heterocycles. The molecule has 1 atom stereocenters. The van der Waals surface area contributed by atoms with Crippen LogP contribution in [0, 0.1) is 5.41 Å². The Labute approximate surface area is 91.3 Å². The molecule has 1 rings (SSSR count). The van der Waals surface area contributed by atoms with Crippen LogP contribution in [0.15, 0.2) is 24.3 Å². The highest BCUT2D eigenvalue weighted by Gasteiger charge is 2.20. The highest BCUT2D eigenvalue weighted by molar-refractivity contribution is 6.30. The van der Waals surface area contributed by atoms with Crippen molar-refractivity contribution in [1.82, 2.24) is 0 Å². The molecule has 14 heavy (non-hydrogen) atoms. The third-order valence-corrected chi connectivity index (χ3v) is 2.69. The summed E-state index contributed by atoms with van der Waals surface area (Å²) >= 11 is 5.90. The van der Waals surface area contributed by atoms with Gasteiger partial charge in [-0.3, -0.25) is 0 Å². The van der Waals surface area contributed by atoms with Gasteiger partial charge in [0.1, 0.15) is 0 Å². The molecule has 0 aliphatic heterocycles. The monoisotopic (exact) mass is 211 g/mol. The van der Waals surface area contributed by atoms with Crippen molar-refractivity contribution in [2.24, 2.45) is 11.1 Å². The van der Waals surface area contributed by atoms with E-state index < -0.39 is 0 Å². The highest BCUT2D eigenvalue weighted by atomic mass is 35.5. The minimum absolute atomic E-state index is 0.141. The summed E-state index contributed by atoms with van der Waals surface area (Å²) in [5.74, 6) is 0. The molecule has 0 spiro atoms. The number of nitrogens with two attached hydrogens (primary N) is 1. The Morgan fingerprint density at radius 3 is 2.50 bits per heavy atom. The highest BCUT2D eigenvalue weighted by Crippen LogP contribution is 2.21. The van der Waals surface area contributed by atoms with Crippen LogP contribution >= 0.6 is 11.6 Å². The van der Waals surface area contributed by atoms with E-state index in [1.165, 1.54) is 5.56 Å². The average Bonchev–Trinajstić information content (AvgIpc) is 2.02. The van der Waals surface area contributed by atoms with Crippen molar-refractivity contribution in [3.05, 3.63) is 34.9 Å². The van der Waals surface area contributed by atoms with E-state index in [0.717, 1.165) is 11.4 Å². The smallest absolute Gasteiger partial charge is 0.0408 e. The van der Waals surface area contributed by atoms with Crippen molar-refractivity contribution in [2.75, 3.05) is 0 Å². The Hall–Kier alpha value is -0.530. The summed E-state index contributed by atoms with van der Waals surface area (Å²) in [6.07, 6.45) is 0.879. The lowest BCUT2D eigenvalue weighted by Crippen LogP contribution is -2.36. The maximum absolute atomic E-state index is 6.09. The average molecular weight is 212 g/mol. The molecule has 2 N–H and O–H groups in total. The molecule has 0 amide bonds. The predicted octanol–water partition coefficient (Wildman–Crippen LogP) is 3.26. The van der Waals surface area contributed by atoms with Crippen molar-refractivity contribution in [3.63, 3.8) is 0 Å². The van der Waals surface area contributed by atoms with Crippen LogP contribution in [-0.2, 0) is 6.42 Å². The van der Waals surface area contributed by atoms with Crippen LogP contribution in [0.1, 0.15) is 26.3 Å². The molecule has 0 saturated carbocycles. The Morgan fingerprint density at radius 1 is 1.36 bits per heavy atom. The van der Waals surface area contributed by atoms with E-state index in [0.29, 0.717) is 0 Å². The van der Waals surface area contributed by atoms with Crippen LogP contribution in [-0.4, -0.2) is 6.04 Å². The van der Waals surface area contributed by atoms with Gasteiger partial charge >= 0.3 is 0 Å². The summed E-state index contributed by atoms with van der Waals surface area (Å²) in [5.41, 5.74) is 7.44. The Bertz CT molecular complexity index is 301. The first kappa shape index (κ1) is 11.5. The lowest BCUT2D eigenvalue weighted by molar-refractivity contribution is 0.318. The first-order chi connectivity index (χ1) is 6.39. The SMILES string of the molecule is CC(C)(C)C(N)Cc1cccc(Cl)c1. The number of rotatable bonds is 2. The topological polar surface area (TPSA) is 26.0 Å². The standard InChI is InChI=1S/C12H18ClN/c1-12(2,3)11(14)8-9-5-4-6-10(13)7-9/h4-7,11H,8,14H2,1-3H3. The van der Waals surface area contributed by atoms with Crippen molar-refractivity contribution < 1.29 is 0 Å². The van der Waals surface area contributed by atoms with Crippen LogP contribution in [0.4, 0.5) is 0 Å². The molecule has 78 valence electrons.